The lowest BCUT2D eigenvalue weighted by atomic mass is 10.1. The largest absolute Gasteiger partial charge is 0.497 e. The van der Waals surface area contributed by atoms with Gasteiger partial charge in [-0.3, -0.25) is 10.2 Å². The molecular weight excluding hydrogens is 228 g/mol. The molecule has 2 rings (SSSR count). The van der Waals surface area contributed by atoms with E-state index in [9.17, 15) is 0 Å². The van der Waals surface area contributed by atoms with Crippen molar-refractivity contribution in [2.45, 2.75) is 0 Å². The van der Waals surface area contributed by atoms with Gasteiger partial charge in [0.1, 0.15) is 5.75 Å². The highest BCUT2D eigenvalue weighted by molar-refractivity contribution is 5.63. The van der Waals surface area contributed by atoms with Crippen LogP contribution in [-0.2, 0) is 4.79 Å². The first-order valence-corrected chi connectivity index (χ1v) is 5.41. The summed E-state index contributed by atoms with van der Waals surface area (Å²) >= 11 is 0. The summed E-state index contributed by atoms with van der Waals surface area (Å²) < 4.78 is 5.11. The lowest BCUT2D eigenvalue weighted by Gasteiger charge is -2.02. The van der Waals surface area contributed by atoms with Crippen LogP contribution in [0.2, 0.25) is 0 Å². The highest BCUT2D eigenvalue weighted by Crippen LogP contribution is 2.21. The summed E-state index contributed by atoms with van der Waals surface area (Å²) in [5.74, 6) is 5.30. The molecule has 0 spiro atoms. The monoisotopic (exact) mass is 244 g/mol. The van der Waals surface area contributed by atoms with Crippen molar-refractivity contribution < 1.29 is 9.53 Å². The molecule has 2 aromatic carbocycles. The second-order valence-corrected chi connectivity index (χ2v) is 3.38. The van der Waals surface area contributed by atoms with Crippen molar-refractivity contribution in [3.63, 3.8) is 0 Å². The number of hydrogen-bond acceptors (Lipinski definition) is 3. The molecule has 94 valence electrons. The Kier molecular flexibility index (Phi) is 6.00. The quantitative estimate of drug-likeness (QED) is 0.375. The third-order valence-corrected chi connectivity index (χ3v) is 2.27. The molecular formula is C14H16N2O2. The van der Waals surface area contributed by atoms with E-state index in [0.29, 0.717) is 6.41 Å². The molecule has 0 unspecified atom stereocenters. The number of nitrogens with one attached hydrogen (secondary N) is 1. The lowest BCUT2D eigenvalue weighted by molar-refractivity contribution is -0.109. The Morgan fingerprint density at radius 3 is 1.94 bits per heavy atom. The van der Waals surface area contributed by atoms with Crippen LogP contribution in [0.5, 0.6) is 5.75 Å². The molecule has 1 amide bonds. The number of hydrazine groups is 1. The van der Waals surface area contributed by atoms with E-state index in [1.807, 2.05) is 30.3 Å². The highest BCUT2D eigenvalue weighted by atomic mass is 16.5. The summed E-state index contributed by atoms with van der Waals surface area (Å²) in [5, 5.41) is 0. The number of carbonyl (C=O) groups excluding carboxylic acids is 1. The van der Waals surface area contributed by atoms with Crippen molar-refractivity contribution in [3.05, 3.63) is 54.6 Å². The molecule has 0 atom stereocenters. The first kappa shape index (κ1) is 13.7. The van der Waals surface area contributed by atoms with Crippen LogP contribution in [0.15, 0.2) is 54.6 Å². The van der Waals surface area contributed by atoms with Crippen molar-refractivity contribution in [1.29, 1.82) is 0 Å². The average molecular weight is 244 g/mol. The Bertz CT molecular complexity index is 455. The van der Waals surface area contributed by atoms with Crippen molar-refractivity contribution in [1.82, 2.24) is 5.43 Å². The summed E-state index contributed by atoms with van der Waals surface area (Å²) in [5.41, 5.74) is 4.20. The molecule has 0 radical (unpaired) electrons. The molecule has 2 aromatic rings. The molecule has 0 aromatic heterocycles. The van der Waals surface area contributed by atoms with E-state index in [0.717, 1.165) is 5.75 Å². The number of rotatable bonds is 3. The van der Waals surface area contributed by atoms with Crippen LogP contribution in [0.3, 0.4) is 0 Å². The Balaban J connectivity index is 0.000000357. The van der Waals surface area contributed by atoms with Crippen molar-refractivity contribution in [2.75, 3.05) is 7.11 Å². The van der Waals surface area contributed by atoms with Gasteiger partial charge in [-0.1, -0.05) is 42.5 Å². The van der Waals surface area contributed by atoms with Gasteiger partial charge in [0, 0.05) is 0 Å². The van der Waals surface area contributed by atoms with Gasteiger partial charge in [-0.15, -0.1) is 0 Å². The molecule has 0 saturated heterocycles. The zero-order valence-corrected chi connectivity index (χ0v) is 10.2. The minimum Gasteiger partial charge on any atom is -0.497 e. The van der Waals surface area contributed by atoms with E-state index in [4.69, 9.17) is 9.53 Å². The molecule has 0 aliphatic carbocycles. The van der Waals surface area contributed by atoms with Crippen LogP contribution in [0.4, 0.5) is 0 Å². The van der Waals surface area contributed by atoms with Gasteiger partial charge in [-0.25, -0.2) is 5.84 Å². The Hall–Kier alpha value is -2.33. The van der Waals surface area contributed by atoms with E-state index in [1.165, 1.54) is 11.1 Å². The maximum atomic E-state index is 8.94. The fourth-order valence-corrected chi connectivity index (χ4v) is 1.41. The predicted octanol–water partition coefficient (Wildman–Crippen LogP) is 1.97. The fraction of sp³-hybridized carbons (Fsp3) is 0.0714. The van der Waals surface area contributed by atoms with Crippen LogP contribution >= 0.6 is 0 Å². The molecule has 0 saturated carbocycles. The van der Waals surface area contributed by atoms with Gasteiger partial charge in [0.05, 0.1) is 7.11 Å². The van der Waals surface area contributed by atoms with Crippen LogP contribution < -0.4 is 16.0 Å². The zero-order chi connectivity index (χ0) is 13.2. The van der Waals surface area contributed by atoms with E-state index in [-0.39, 0.29) is 0 Å². The normalized spacial score (nSPS) is 8.78. The van der Waals surface area contributed by atoms with Crippen LogP contribution in [0, 0.1) is 0 Å². The zero-order valence-electron chi connectivity index (χ0n) is 10.2. The summed E-state index contributed by atoms with van der Waals surface area (Å²) in [4.78, 5) is 8.94. The van der Waals surface area contributed by atoms with Crippen molar-refractivity contribution in [2.24, 2.45) is 5.84 Å². The minimum absolute atomic E-state index is 0.403. The van der Waals surface area contributed by atoms with Crippen molar-refractivity contribution in [3.8, 4) is 16.9 Å². The summed E-state index contributed by atoms with van der Waals surface area (Å²) in [6.07, 6.45) is 0.403. The van der Waals surface area contributed by atoms with Gasteiger partial charge < -0.3 is 4.74 Å². The first-order chi connectivity index (χ1) is 8.81. The van der Waals surface area contributed by atoms with Gasteiger partial charge in [0.15, 0.2) is 0 Å². The number of ether oxygens (including phenoxy) is 1. The van der Waals surface area contributed by atoms with Crippen LogP contribution in [0.1, 0.15) is 0 Å². The maximum absolute atomic E-state index is 8.94. The summed E-state index contributed by atoms with van der Waals surface area (Å²) in [7, 11) is 1.68. The number of benzene rings is 2. The van der Waals surface area contributed by atoms with E-state index >= 15 is 0 Å². The molecule has 4 nitrogen and oxygen atoms in total. The molecule has 0 heterocycles. The number of methoxy groups -OCH3 is 1. The fourth-order valence-electron chi connectivity index (χ4n) is 1.41. The number of amides is 1. The van der Waals surface area contributed by atoms with E-state index in [2.05, 4.69) is 30.1 Å². The van der Waals surface area contributed by atoms with Gasteiger partial charge in [-0.05, 0) is 23.3 Å². The molecule has 18 heavy (non-hydrogen) atoms. The van der Waals surface area contributed by atoms with Gasteiger partial charge in [-0.2, -0.15) is 0 Å². The van der Waals surface area contributed by atoms with Gasteiger partial charge in [0.2, 0.25) is 6.41 Å². The molecule has 0 aliphatic heterocycles. The second-order valence-electron chi connectivity index (χ2n) is 3.38. The Morgan fingerprint density at radius 1 is 1.00 bits per heavy atom. The predicted molar refractivity (Wildman–Crippen MR) is 71.8 cm³/mol. The molecule has 0 aliphatic rings. The highest BCUT2D eigenvalue weighted by Gasteiger charge is 1.95. The molecule has 0 fully saturated rings. The third kappa shape index (κ3) is 4.27. The lowest BCUT2D eigenvalue weighted by Crippen LogP contribution is -2.18. The molecule has 4 heteroatoms. The minimum atomic E-state index is 0.403. The van der Waals surface area contributed by atoms with E-state index < -0.39 is 0 Å². The summed E-state index contributed by atoms with van der Waals surface area (Å²) in [6.45, 7) is 0. The topological polar surface area (TPSA) is 64.3 Å². The number of carbonyl (C=O) groups is 1. The number of hydrogen-bond donors (Lipinski definition) is 2. The molecule has 3 N–H and O–H groups in total. The van der Waals surface area contributed by atoms with Crippen molar-refractivity contribution >= 4 is 6.41 Å². The summed E-state index contributed by atoms with van der Waals surface area (Å²) in [6, 6.07) is 18.4. The van der Waals surface area contributed by atoms with Gasteiger partial charge >= 0.3 is 0 Å². The smallest absolute Gasteiger partial charge is 0.221 e. The Morgan fingerprint density at radius 2 is 1.50 bits per heavy atom. The Labute approximate surface area is 106 Å². The third-order valence-electron chi connectivity index (χ3n) is 2.27. The second kappa shape index (κ2) is 7.86. The maximum Gasteiger partial charge on any atom is 0.221 e. The average Bonchev–Trinajstić information content (AvgIpc) is 2.48. The molecule has 0 bridgehead atoms. The standard InChI is InChI=1S/C13H12O.CH4N2O/c1-14-13-9-7-12(8-10-13)11-5-3-2-4-6-11;2-3-1-4/h2-10H,1H3;1H,2H2,(H,3,4). The SMILES string of the molecule is COc1ccc(-c2ccccc2)cc1.NNC=O. The first-order valence-electron chi connectivity index (χ1n) is 5.41. The van der Waals surface area contributed by atoms with Crippen LogP contribution in [-0.4, -0.2) is 13.5 Å². The van der Waals surface area contributed by atoms with E-state index in [1.54, 1.807) is 12.5 Å². The number of nitrogens with two attached hydrogens (primary N) is 1. The van der Waals surface area contributed by atoms with Crippen LogP contribution in [0.25, 0.3) is 11.1 Å². The van der Waals surface area contributed by atoms with Gasteiger partial charge in [0.25, 0.3) is 0 Å².